The van der Waals surface area contributed by atoms with Crippen molar-refractivity contribution in [1.82, 2.24) is 9.88 Å². The Morgan fingerprint density at radius 1 is 1.09 bits per heavy atom. The van der Waals surface area contributed by atoms with E-state index in [1.165, 1.54) is 13.3 Å². The molecule has 0 spiro atoms. The second kappa shape index (κ2) is 13.9. The fourth-order valence-corrected chi connectivity index (χ4v) is 6.72. The van der Waals surface area contributed by atoms with Crippen LogP contribution in [0.1, 0.15) is 95.1 Å². The molecule has 1 saturated carbocycles. The average Bonchev–Trinajstić information content (AvgIpc) is 3.80. The maximum atomic E-state index is 15.2. The van der Waals surface area contributed by atoms with Gasteiger partial charge < -0.3 is 19.4 Å². The van der Waals surface area contributed by atoms with Gasteiger partial charge in [-0.25, -0.2) is 9.37 Å². The van der Waals surface area contributed by atoms with Crippen LogP contribution in [0, 0.1) is 17.7 Å². The summed E-state index contributed by atoms with van der Waals surface area (Å²) in [5.41, 5.74) is 5.35. The molecule has 1 aliphatic heterocycles. The summed E-state index contributed by atoms with van der Waals surface area (Å²) in [6.45, 7) is 13.3. The summed E-state index contributed by atoms with van der Waals surface area (Å²) in [6, 6.07) is 14.3. The zero-order chi connectivity index (χ0) is 31.1. The van der Waals surface area contributed by atoms with Crippen LogP contribution in [0.15, 0.2) is 48.7 Å². The minimum Gasteiger partial charge on any atom is -0.550 e. The van der Waals surface area contributed by atoms with Crippen molar-refractivity contribution in [1.29, 1.82) is 0 Å². The third-order valence-electron chi connectivity index (χ3n) is 9.12. The van der Waals surface area contributed by atoms with Gasteiger partial charge in [0.05, 0.1) is 13.3 Å². The molecule has 8 heteroatoms. The summed E-state index contributed by atoms with van der Waals surface area (Å²) in [4.78, 5) is 18.2. The number of hydrogen-bond acceptors (Lipinski definition) is 6. The number of aryl methyl sites for hydroxylation is 1. The van der Waals surface area contributed by atoms with Gasteiger partial charge in [-0.3, -0.25) is 4.90 Å². The maximum Gasteiger partial charge on any atom is 1.00 e. The van der Waals surface area contributed by atoms with E-state index in [0.29, 0.717) is 23.9 Å². The molecule has 0 amide bonds. The number of hydrogen-bond donors (Lipinski definition) is 0. The Hall–Kier alpha value is -2.45. The van der Waals surface area contributed by atoms with Gasteiger partial charge in [-0.2, -0.15) is 0 Å². The molecule has 0 radical (unpaired) electrons. The van der Waals surface area contributed by atoms with Gasteiger partial charge in [-0.15, -0.1) is 0 Å². The SMILES string of the molecule is COc1cc(-c2ccc(C3CCc4ccc([C@H](C5CC5)[C@H](C)C(=O)[O-])cc4O3)cc2CN(C(C)C)C(C)(C)C)c(F)cn1.[Na+]. The van der Waals surface area contributed by atoms with Crippen LogP contribution in [0.4, 0.5) is 4.39 Å². The van der Waals surface area contributed by atoms with Gasteiger partial charge in [-0.05, 0) is 106 Å². The van der Waals surface area contributed by atoms with Crippen molar-refractivity contribution in [3.05, 3.63) is 76.7 Å². The fourth-order valence-electron chi connectivity index (χ4n) is 6.72. The summed E-state index contributed by atoms with van der Waals surface area (Å²) in [5.74, 6) is -0.472. The Kier molecular flexibility index (Phi) is 10.9. The average molecular weight is 611 g/mol. The smallest absolute Gasteiger partial charge is 0.550 e. The van der Waals surface area contributed by atoms with Crippen molar-refractivity contribution in [3.63, 3.8) is 0 Å². The van der Waals surface area contributed by atoms with Crippen molar-refractivity contribution in [2.24, 2.45) is 11.8 Å². The number of fused-ring (bicyclic) bond motifs is 1. The van der Waals surface area contributed by atoms with Crippen LogP contribution in [0.3, 0.4) is 0 Å². The van der Waals surface area contributed by atoms with Gasteiger partial charge >= 0.3 is 29.6 Å². The van der Waals surface area contributed by atoms with E-state index in [1.54, 1.807) is 13.0 Å². The second-order valence-electron chi connectivity index (χ2n) is 13.5. The van der Waals surface area contributed by atoms with Crippen LogP contribution >= 0.6 is 0 Å². The fraction of sp³-hybridized carbons (Fsp3) is 0.500. The molecule has 5 rings (SSSR count). The molecule has 3 aromatic rings. The maximum absolute atomic E-state index is 15.2. The molecule has 2 aromatic carbocycles. The number of aliphatic carboxylic acids is 1. The Balaban J connectivity index is 0.00000442. The van der Waals surface area contributed by atoms with Crippen LogP contribution < -0.4 is 44.1 Å². The van der Waals surface area contributed by atoms with E-state index in [1.807, 2.05) is 12.1 Å². The number of carboxylic acids is 1. The molecular formula is C36H44FN2NaO4. The van der Waals surface area contributed by atoms with E-state index in [9.17, 15) is 9.90 Å². The quantitative estimate of drug-likeness (QED) is 0.325. The number of aromatic nitrogens is 1. The van der Waals surface area contributed by atoms with E-state index in [0.717, 1.165) is 59.3 Å². The first-order valence-electron chi connectivity index (χ1n) is 15.5. The number of ether oxygens (including phenoxy) is 2. The molecule has 1 aromatic heterocycles. The first-order valence-corrected chi connectivity index (χ1v) is 15.5. The van der Waals surface area contributed by atoms with Crippen molar-refractivity contribution in [3.8, 4) is 22.8 Å². The zero-order valence-corrected chi connectivity index (χ0v) is 29.4. The largest absolute Gasteiger partial charge is 1.00 e. The van der Waals surface area contributed by atoms with Gasteiger partial charge in [0.2, 0.25) is 5.88 Å². The summed E-state index contributed by atoms with van der Waals surface area (Å²) in [6.07, 6.45) is 4.81. The molecule has 3 atom stereocenters. The topological polar surface area (TPSA) is 74.7 Å². The number of carbonyl (C=O) groups is 1. The van der Waals surface area contributed by atoms with Crippen molar-refractivity contribution in [2.45, 2.75) is 97.4 Å². The normalized spacial score (nSPS) is 17.8. The molecule has 1 aliphatic carbocycles. The minimum atomic E-state index is -1.00. The van der Waals surface area contributed by atoms with Crippen LogP contribution in [0.2, 0.25) is 0 Å². The molecule has 6 nitrogen and oxygen atoms in total. The number of nitrogens with zero attached hydrogens (tertiary/aromatic N) is 2. The third-order valence-corrected chi connectivity index (χ3v) is 9.12. The molecule has 0 saturated heterocycles. The number of pyridine rings is 1. The van der Waals surface area contributed by atoms with E-state index >= 15 is 4.39 Å². The summed E-state index contributed by atoms with van der Waals surface area (Å²) in [7, 11) is 1.53. The number of halogens is 1. The monoisotopic (exact) mass is 610 g/mol. The molecule has 2 heterocycles. The van der Waals surface area contributed by atoms with Gasteiger partial charge in [0.25, 0.3) is 0 Å². The molecule has 0 N–H and O–H groups in total. The molecule has 1 fully saturated rings. The van der Waals surface area contributed by atoms with E-state index in [2.05, 4.69) is 68.8 Å². The van der Waals surface area contributed by atoms with Gasteiger partial charge in [0, 0.05) is 41.6 Å². The molecular weight excluding hydrogens is 566 g/mol. The van der Waals surface area contributed by atoms with Gasteiger partial charge in [0.15, 0.2) is 0 Å². The molecule has 44 heavy (non-hydrogen) atoms. The van der Waals surface area contributed by atoms with Crippen molar-refractivity contribution >= 4 is 5.97 Å². The summed E-state index contributed by atoms with van der Waals surface area (Å²) in [5, 5.41) is 11.8. The number of benzene rings is 2. The molecule has 2 aliphatic rings. The predicted octanol–water partition coefficient (Wildman–Crippen LogP) is 3.86. The van der Waals surface area contributed by atoms with Crippen LogP contribution in [0.5, 0.6) is 11.6 Å². The number of methoxy groups -OCH3 is 1. The third kappa shape index (κ3) is 7.50. The molecule has 0 bridgehead atoms. The minimum absolute atomic E-state index is 0. The van der Waals surface area contributed by atoms with Crippen LogP contribution in [-0.2, 0) is 17.8 Å². The first kappa shape index (κ1) is 34.4. The van der Waals surface area contributed by atoms with E-state index < -0.39 is 17.7 Å². The Morgan fingerprint density at radius 2 is 1.82 bits per heavy atom. The first-order chi connectivity index (χ1) is 20.4. The van der Waals surface area contributed by atoms with Crippen molar-refractivity contribution in [2.75, 3.05) is 7.11 Å². The number of carbonyl (C=O) groups excluding carboxylic acids is 1. The Bertz CT molecular complexity index is 1480. The van der Waals surface area contributed by atoms with Gasteiger partial charge in [-0.1, -0.05) is 37.3 Å². The Labute approximate surface area is 283 Å². The Morgan fingerprint density at radius 3 is 2.43 bits per heavy atom. The standard InChI is InChI=1S/C36H45FN2O4.Na/c1-21(2)39(36(4,5)6)20-27-16-25(12-14-28(27)29-18-33(42-7)38-19-30(29)37)31-15-13-23-8-11-26(17-32(23)43-31)34(24-9-10-24)22(3)35(40)41;/h8,11-12,14,16-19,21-22,24,31,34H,9-10,13,15,20H2,1-7H3,(H,40,41);/q;+1/p-1/t22-,31?,34-;/m0./s1. The summed E-state index contributed by atoms with van der Waals surface area (Å²) < 4.78 is 27.2. The number of rotatable bonds is 10. The summed E-state index contributed by atoms with van der Waals surface area (Å²) >= 11 is 0. The van der Waals surface area contributed by atoms with E-state index in [-0.39, 0.29) is 53.2 Å². The zero-order valence-electron chi connectivity index (χ0n) is 27.4. The van der Waals surface area contributed by atoms with E-state index in [4.69, 9.17) is 9.47 Å². The second-order valence-corrected chi connectivity index (χ2v) is 13.5. The van der Waals surface area contributed by atoms with Gasteiger partial charge in [0.1, 0.15) is 17.7 Å². The molecule has 230 valence electrons. The molecule has 1 unspecified atom stereocenters. The van der Waals surface area contributed by atoms with Crippen molar-refractivity contribution < 1.29 is 53.3 Å². The number of carboxylic acid groups (broad SMARTS) is 1. The van der Waals surface area contributed by atoms with Crippen LogP contribution in [0.25, 0.3) is 11.1 Å². The van der Waals surface area contributed by atoms with Crippen LogP contribution in [-0.4, -0.2) is 34.5 Å². The predicted molar refractivity (Wildman–Crippen MR) is 164 cm³/mol.